The monoisotopic (exact) mass is 232 g/mol. The summed E-state index contributed by atoms with van der Waals surface area (Å²) in [6.07, 6.45) is 0. The van der Waals surface area contributed by atoms with E-state index in [0.717, 1.165) is 23.4 Å². The van der Waals surface area contributed by atoms with E-state index in [1.54, 1.807) is 7.11 Å². The minimum Gasteiger partial charge on any atom is -0.383 e. The zero-order chi connectivity index (χ0) is 12.8. The molecule has 17 heavy (non-hydrogen) atoms. The molecule has 0 amide bonds. The molecule has 0 aromatic heterocycles. The second kappa shape index (κ2) is 6.27. The summed E-state index contributed by atoms with van der Waals surface area (Å²) in [5.74, 6) is 0. The number of rotatable bonds is 5. The Morgan fingerprint density at radius 3 is 2.65 bits per heavy atom. The third-order valence-corrected chi connectivity index (χ3v) is 2.74. The molecule has 0 aliphatic carbocycles. The van der Waals surface area contributed by atoms with Crippen LogP contribution in [0.1, 0.15) is 25.0 Å². The van der Waals surface area contributed by atoms with Gasteiger partial charge in [-0.05, 0) is 38.5 Å². The minimum atomic E-state index is 0.347. The fourth-order valence-corrected chi connectivity index (χ4v) is 1.84. The molecule has 0 aliphatic heterocycles. The molecule has 1 aromatic rings. The minimum absolute atomic E-state index is 0.347. The Bertz CT molecular complexity index is 407. The van der Waals surface area contributed by atoms with Gasteiger partial charge in [0.15, 0.2) is 0 Å². The highest BCUT2D eigenvalue weighted by molar-refractivity contribution is 5.60. The van der Waals surface area contributed by atoms with Crippen molar-refractivity contribution >= 4 is 5.69 Å². The molecule has 0 atom stereocenters. The zero-order valence-electron chi connectivity index (χ0n) is 11.0. The summed E-state index contributed by atoms with van der Waals surface area (Å²) in [4.78, 5) is 2.20. The number of nitriles is 1. The van der Waals surface area contributed by atoms with Gasteiger partial charge in [0, 0.05) is 19.7 Å². The summed E-state index contributed by atoms with van der Waals surface area (Å²) >= 11 is 0. The predicted molar refractivity (Wildman–Crippen MR) is 70.3 cm³/mol. The predicted octanol–water partition coefficient (Wildman–Crippen LogP) is 2.73. The van der Waals surface area contributed by atoms with E-state index in [-0.39, 0.29) is 0 Å². The molecule has 0 fully saturated rings. The van der Waals surface area contributed by atoms with Gasteiger partial charge in [-0.3, -0.25) is 0 Å². The first-order valence-corrected chi connectivity index (χ1v) is 5.86. The van der Waals surface area contributed by atoms with Gasteiger partial charge in [0.2, 0.25) is 0 Å². The number of methoxy groups -OCH3 is 1. The quantitative estimate of drug-likeness (QED) is 0.783. The number of benzene rings is 1. The molecule has 0 N–H and O–H groups in total. The SMILES string of the molecule is COCCN(c1ccc(C)cc1C#N)C(C)C. The van der Waals surface area contributed by atoms with E-state index in [9.17, 15) is 5.26 Å². The average Bonchev–Trinajstić information content (AvgIpc) is 2.30. The van der Waals surface area contributed by atoms with Crippen LogP contribution < -0.4 is 4.90 Å². The maximum atomic E-state index is 9.19. The van der Waals surface area contributed by atoms with Gasteiger partial charge < -0.3 is 9.64 Å². The molecule has 1 rings (SSSR count). The van der Waals surface area contributed by atoms with E-state index in [1.807, 2.05) is 25.1 Å². The summed E-state index contributed by atoms with van der Waals surface area (Å²) in [5, 5.41) is 9.19. The highest BCUT2D eigenvalue weighted by Crippen LogP contribution is 2.23. The lowest BCUT2D eigenvalue weighted by Crippen LogP contribution is -2.34. The molecule has 1 aromatic carbocycles. The lowest BCUT2D eigenvalue weighted by Gasteiger charge is -2.29. The second-order valence-electron chi connectivity index (χ2n) is 4.41. The van der Waals surface area contributed by atoms with E-state index in [2.05, 4.69) is 24.8 Å². The molecule has 3 heteroatoms. The molecule has 0 radical (unpaired) electrons. The van der Waals surface area contributed by atoms with E-state index < -0.39 is 0 Å². The summed E-state index contributed by atoms with van der Waals surface area (Å²) in [6, 6.07) is 8.60. The lowest BCUT2D eigenvalue weighted by atomic mass is 10.1. The zero-order valence-corrected chi connectivity index (χ0v) is 11.0. The Kier molecular flexibility index (Phi) is 4.99. The van der Waals surface area contributed by atoms with E-state index in [4.69, 9.17) is 4.74 Å². The summed E-state index contributed by atoms with van der Waals surface area (Å²) < 4.78 is 5.12. The van der Waals surface area contributed by atoms with Crippen LogP contribution in [-0.2, 0) is 4.74 Å². The normalized spacial score (nSPS) is 10.4. The molecule has 3 nitrogen and oxygen atoms in total. The van der Waals surface area contributed by atoms with Gasteiger partial charge in [0.1, 0.15) is 6.07 Å². The first-order valence-electron chi connectivity index (χ1n) is 5.86. The highest BCUT2D eigenvalue weighted by Gasteiger charge is 2.14. The van der Waals surface area contributed by atoms with E-state index in [1.165, 1.54) is 0 Å². The maximum absolute atomic E-state index is 9.19. The Morgan fingerprint density at radius 2 is 2.12 bits per heavy atom. The van der Waals surface area contributed by atoms with Gasteiger partial charge >= 0.3 is 0 Å². The van der Waals surface area contributed by atoms with Gasteiger partial charge in [-0.2, -0.15) is 5.26 Å². The van der Waals surface area contributed by atoms with Crippen LogP contribution >= 0.6 is 0 Å². The molecule has 0 spiro atoms. The van der Waals surface area contributed by atoms with Gasteiger partial charge in [0.05, 0.1) is 17.9 Å². The van der Waals surface area contributed by atoms with Crippen LogP contribution in [0.15, 0.2) is 18.2 Å². The molecule has 0 aliphatic rings. The molecular weight excluding hydrogens is 212 g/mol. The molecular formula is C14H20N2O. The fourth-order valence-electron chi connectivity index (χ4n) is 1.84. The Hall–Kier alpha value is -1.53. The number of nitrogens with zero attached hydrogens (tertiary/aromatic N) is 2. The van der Waals surface area contributed by atoms with E-state index in [0.29, 0.717) is 12.6 Å². The van der Waals surface area contributed by atoms with Crippen LogP contribution in [0.5, 0.6) is 0 Å². The largest absolute Gasteiger partial charge is 0.383 e. The van der Waals surface area contributed by atoms with Gasteiger partial charge in [-0.1, -0.05) is 6.07 Å². The number of hydrogen-bond acceptors (Lipinski definition) is 3. The topological polar surface area (TPSA) is 36.3 Å². The van der Waals surface area contributed by atoms with Crippen molar-refractivity contribution in [1.82, 2.24) is 0 Å². The van der Waals surface area contributed by atoms with Crippen LogP contribution in [0.4, 0.5) is 5.69 Å². The van der Waals surface area contributed by atoms with Crippen molar-refractivity contribution in [1.29, 1.82) is 5.26 Å². The Morgan fingerprint density at radius 1 is 1.41 bits per heavy atom. The average molecular weight is 232 g/mol. The van der Waals surface area contributed by atoms with Crippen LogP contribution in [0, 0.1) is 18.3 Å². The number of ether oxygens (including phenoxy) is 1. The second-order valence-corrected chi connectivity index (χ2v) is 4.41. The van der Waals surface area contributed by atoms with Crippen molar-refractivity contribution in [3.63, 3.8) is 0 Å². The smallest absolute Gasteiger partial charge is 0.101 e. The Balaban J connectivity index is 3.05. The third kappa shape index (κ3) is 3.47. The molecule has 92 valence electrons. The standard InChI is InChI=1S/C14H20N2O/c1-11(2)16(7-8-17-4)14-6-5-12(3)9-13(14)10-15/h5-6,9,11H,7-8H2,1-4H3. The van der Waals surface area contributed by atoms with Crippen LogP contribution in [0.3, 0.4) is 0 Å². The van der Waals surface area contributed by atoms with Gasteiger partial charge in [-0.25, -0.2) is 0 Å². The summed E-state index contributed by atoms with van der Waals surface area (Å²) in [6.45, 7) is 7.70. The number of anilines is 1. The highest BCUT2D eigenvalue weighted by atomic mass is 16.5. The molecule has 0 heterocycles. The van der Waals surface area contributed by atoms with Crippen molar-refractivity contribution in [2.45, 2.75) is 26.8 Å². The molecule has 0 bridgehead atoms. The molecule has 0 unspecified atom stereocenters. The maximum Gasteiger partial charge on any atom is 0.101 e. The molecule has 0 saturated carbocycles. The third-order valence-electron chi connectivity index (χ3n) is 2.74. The van der Waals surface area contributed by atoms with Crippen LogP contribution in [0.2, 0.25) is 0 Å². The van der Waals surface area contributed by atoms with Crippen molar-refractivity contribution in [2.75, 3.05) is 25.2 Å². The van der Waals surface area contributed by atoms with Crippen molar-refractivity contribution in [3.8, 4) is 6.07 Å². The first-order chi connectivity index (χ1) is 8.10. The van der Waals surface area contributed by atoms with Crippen LogP contribution in [0.25, 0.3) is 0 Å². The van der Waals surface area contributed by atoms with Crippen molar-refractivity contribution in [2.24, 2.45) is 0 Å². The lowest BCUT2D eigenvalue weighted by molar-refractivity contribution is 0.204. The fraction of sp³-hybridized carbons (Fsp3) is 0.500. The number of hydrogen-bond donors (Lipinski definition) is 0. The van der Waals surface area contributed by atoms with Crippen molar-refractivity contribution < 1.29 is 4.74 Å². The Labute approximate surface area is 104 Å². The van der Waals surface area contributed by atoms with Crippen LogP contribution in [-0.4, -0.2) is 26.3 Å². The van der Waals surface area contributed by atoms with Crippen molar-refractivity contribution in [3.05, 3.63) is 29.3 Å². The molecule has 0 saturated heterocycles. The summed E-state index contributed by atoms with van der Waals surface area (Å²) in [5.41, 5.74) is 2.83. The first kappa shape index (κ1) is 13.5. The summed E-state index contributed by atoms with van der Waals surface area (Å²) in [7, 11) is 1.69. The van der Waals surface area contributed by atoms with E-state index >= 15 is 0 Å². The van der Waals surface area contributed by atoms with Gasteiger partial charge in [-0.15, -0.1) is 0 Å². The number of aryl methyl sites for hydroxylation is 1. The van der Waals surface area contributed by atoms with Gasteiger partial charge in [0.25, 0.3) is 0 Å².